The first-order chi connectivity index (χ1) is 8.31. The van der Waals surface area contributed by atoms with E-state index < -0.39 is 11.4 Å². The monoisotopic (exact) mass is 270 g/mol. The van der Waals surface area contributed by atoms with Crippen LogP contribution in [0.1, 0.15) is 45.1 Å². The highest BCUT2D eigenvalue weighted by atomic mass is 35.5. The molecule has 1 N–H and O–H groups in total. The van der Waals surface area contributed by atoms with Crippen LogP contribution < -0.4 is 0 Å². The molecule has 1 fully saturated rings. The van der Waals surface area contributed by atoms with Crippen molar-refractivity contribution in [3.05, 3.63) is 34.6 Å². The summed E-state index contributed by atoms with van der Waals surface area (Å²) in [5.74, 6) is -0.408. The number of hydrogen-bond acceptors (Lipinski definition) is 1. The van der Waals surface area contributed by atoms with Crippen LogP contribution >= 0.6 is 11.6 Å². The summed E-state index contributed by atoms with van der Waals surface area (Å²) < 4.78 is 13.4. The lowest BCUT2D eigenvalue weighted by molar-refractivity contribution is -0.0251. The van der Waals surface area contributed by atoms with Gasteiger partial charge in [-0.25, -0.2) is 4.39 Å². The van der Waals surface area contributed by atoms with Gasteiger partial charge < -0.3 is 5.11 Å². The maximum atomic E-state index is 13.4. The first-order valence-corrected chi connectivity index (χ1v) is 6.84. The van der Waals surface area contributed by atoms with E-state index >= 15 is 0 Å². The third kappa shape index (κ3) is 3.04. The van der Waals surface area contributed by atoms with E-state index in [9.17, 15) is 9.50 Å². The Morgan fingerprint density at radius 3 is 2.44 bits per heavy atom. The highest BCUT2D eigenvalue weighted by Gasteiger charge is 2.37. The largest absolute Gasteiger partial charge is 0.390 e. The molecular weight excluding hydrogens is 251 g/mol. The molecule has 1 aromatic carbocycles. The van der Waals surface area contributed by atoms with Gasteiger partial charge in [0.2, 0.25) is 0 Å². The predicted molar refractivity (Wildman–Crippen MR) is 72.3 cm³/mol. The molecule has 0 aliphatic heterocycles. The van der Waals surface area contributed by atoms with E-state index in [1.54, 1.807) is 12.1 Å². The Balaban J connectivity index is 2.12. The van der Waals surface area contributed by atoms with Crippen molar-refractivity contribution in [3.8, 4) is 0 Å². The average Bonchev–Trinajstić information content (AvgIpc) is 2.30. The second kappa shape index (κ2) is 4.82. The topological polar surface area (TPSA) is 20.2 Å². The molecule has 1 aliphatic carbocycles. The van der Waals surface area contributed by atoms with Crippen molar-refractivity contribution in [3.63, 3.8) is 0 Å². The second-order valence-corrected chi connectivity index (χ2v) is 6.66. The molecule has 0 aromatic heterocycles. The fraction of sp³-hybridized carbons (Fsp3) is 0.600. The second-order valence-electron chi connectivity index (χ2n) is 6.28. The smallest absolute Gasteiger partial charge is 0.142 e. The van der Waals surface area contributed by atoms with Gasteiger partial charge in [0.05, 0.1) is 10.6 Å². The SMILES string of the molecule is CC1(C)CCC(O)(Cc2cccc(F)c2Cl)CC1. The Kier molecular flexibility index (Phi) is 3.70. The predicted octanol–water partition coefficient (Wildman–Crippen LogP) is 4.35. The summed E-state index contributed by atoms with van der Waals surface area (Å²) >= 11 is 5.94. The molecule has 1 nitrogen and oxygen atoms in total. The van der Waals surface area contributed by atoms with Gasteiger partial charge in [-0.2, -0.15) is 0 Å². The van der Waals surface area contributed by atoms with Gasteiger partial charge in [-0.05, 0) is 42.7 Å². The lowest BCUT2D eigenvalue weighted by Crippen LogP contribution is -2.38. The van der Waals surface area contributed by atoms with E-state index in [0.717, 1.165) is 25.7 Å². The minimum Gasteiger partial charge on any atom is -0.390 e. The highest BCUT2D eigenvalue weighted by molar-refractivity contribution is 6.31. The van der Waals surface area contributed by atoms with Crippen LogP contribution in [0.3, 0.4) is 0 Å². The molecule has 100 valence electrons. The number of halogens is 2. The van der Waals surface area contributed by atoms with E-state index in [-0.39, 0.29) is 5.02 Å². The van der Waals surface area contributed by atoms with Crippen LogP contribution in [0.15, 0.2) is 18.2 Å². The zero-order valence-corrected chi connectivity index (χ0v) is 11.7. The van der Waals surface area contributed by atoms with Crippen molar-refractivity contribution in [1.82, 2.24) is 0 Å². The van der Waals surface area contributed by atoms with Gasteiger partial charge in [0, 0.05) is 6.42 Å². The molecule has 1 saturated carbocycles. The Bertz CT molecular complexity index is 432. The number of benzene rings is 1. The zero-order valence-electron chi connectivity index (χ0n) is 11.0. The first-order valence-electron chi connectivity index (χ1n) is 6.47. The van der Waals surface area contributed by atoms with E-state index in [1.165, 1.54) is 6.07 Å². The van der Waals surface area contributed by atoms with Crippen LogP contribution in [0.5, 0.6) is 0 Å². The van der Waals surface area contributed by atoms with Crippen LogP contribution in [0.4, 0.5) is 4.39 Å². The Morgan fingerprint density at radius 1 is 1.22 bits per heavy atom. The molecule has 0 radical (unpaired) electrons. The van der Waals surface area contributed by atoms with Crippen LogP contribution in [0.2, 0.25) is 5.02 Å². The third-order valence-corrected chi connectivity index (χ3v) is 4.51. The maximum absolute atomic E-state index is 13.4. The summed E-state index contributed by atoms with van der Waals surface area (Å²) in [7, 11) is 0. The van der Waals surface area contributed by atoms with Gasteiger partial charge in [0.1, 0.15) is 5.82 Å². The van der Waals surface area contributed by atoms with Gasteiger partial charge >= 0.3 is 0 Å². The normalized spacial score (nSPS) is 21.8. The quantitative estimate of drug-likeness (QED) is 0.847. The fourth-order valence-electron chi connectivity index (χ4n) is 2.61. The standard InChI is InChI=1S/C15H20ClFO/c1-14(2)6-8-15(18,9-7-14)10-11-4-3-5-12(17)13(11)16/h3-5,18H,6-10H2,1-2H3. The molecule has 0 saturated heterocycles. The minimum atomic E-state index is -0.729. The van der Waals surface area contributed by atoms with Crippen LogP contribution in [0.25, 0.3) is 0 Å². The fourth-order valence-corrected chi connectivity index (χ4v) is 2.80. The van der Waals surface area contributed by atoms with Crippen molar-refractivity contribution in [2.75, 3.05) is 0 Å². The Hall–Kier alpha value is -0.600. The number of hydrogen-bond donors (Lipinski definition) is 1. The molecule has 2 rings (SSSR count). The molecule has 1 aliphatic rings. The molecule has 0 heterocycles. The van der Waals surface area contributed by atoms with Gasteiger partial charge in [-0.3, -0.25) is 0 Å². The molecule has 0 unspecified atom stereocenters. The molecule has 3 heteroatoms. The molecule has 18 heavy (non-hydrogen) atoms. The van der Waals surface area contributed by atoms with Crippen molar-refractivity contribution in [2.24, 2.45) is 5.41 Å². The summed E-state index contributed by atoms with van der Waals surface area (Å²) in [6.45, 7) is 4.45. The lowest BCUT2D eigenvalue weighted by atomic mass is 9.69. The summed E-state index contributed by atoms with van der Waals surface area (Å²) in [4.78, 5) is 0. The number of aliphatic hydroxyl groups is 1. The van der Waals surface area contributed by atoms with Crippen molar-refractivity contribution in [1.29, 1.82) is 0 Å². The summed E-state index contributed by atoms with van der Waals surface area (Å²) in [6.07, 6.45) is 3.95. The summed E-state index contributed by atoms with van der Waals surface area (Å²) in [5.41, 5.74) is 0.282. The van der Waals surface area contributed by atoms with Crippen LogP contribution in [-0.4, -0.2) is 10.7 Å². The maximum Gasteiger partial charge on any atom is 0.142 e. The summed E-state index contributed by atoms with van der Waals surface area (Å²) in [5, 5.41) is 10.7. The van der Waals surface area contributed by atoms with Crippen LogP contribution in [-0.2, 0) is 6.42 Å². The van der Waals surface area contributed by atoms with Crippen molar-refractivity contribution >= 4 is 11.6 Å². The molecule has 1 aromatic rings. The van der Waals surface area contributed by atoms with Gasteiger partial charge in [0.25, 0.3) is 0 Å². The minimum absolute atomic E-state index is 0.149. The molecular formula is C15H20ClFO. The van der Waals surface area contributed by atoms with E-state index in [4.69, 9.17) is 11.6 Å². The number of rotatable bonds is 2. The third-order valence-electron chi connectivity index (χ3n) is 4.09. The average molecular weight is 271 g/mol. The Morgan fingerprint density at radius 2 is 1.83 bits per heavy atom. The molecule has 0 spiro atoms. The lowest BCUT2D eigenvalue weighted by Gasteiger charge is -2.40. The van der Waals surface area contributed by atoms with Gasteiger partial charge in [-0.15, -0.1) is 0 Å². The van der Waals surface area contributed by atoms with Gasteiger partial charge in [0.15, 0.2) is 0 Å². The van der Waals surface area contributed by atoms with Crippen molar-refractivity contribution in [2.45, 2.75) is 51.6 Å². The van der Waals surface area contributed by atoms with E-state index in [0.29, 0.717) is 17.4 Å². The Labute approximate surface area is 113 Å². The molecule has 0 bridgehead atoms. The highest BCUT2D eigenvalue weighted by Crippen LogP contribution is 2.42. The van der Waals surface area contributed by atoms with E-state index in [1.807, 2.05) is 0 Å². The van der Waals surface area contributed by atoms with E-state index in [2.05, 4.69) is 13.8 Å². The first kappa shape index (κ1) is 13.8. The van der Waals surface area contributed by atoms with Crippen LogP contribution in [0, 0.1) is 11.2 Å². The molecule has 0 amide bonds. The van der Waals surface area contributed by atoms with Crippen molar-refractivity contribution < 1.29 is 9.50 Å². The molecule has 0 atom stereocenters. The zero-order chi connectivity index (χ0) is 13.4. The van der Waals surface area contributed by atoms with Gasteiger partial charge in [-0.1, -0.05) is 37.6 Å². The summed E-state index contributed by atoms with van der Waals surface area (Å²) in [6, 6.07) is 4.79.